The van der Waals surface area contributed by atoms with Crippen molar-refractivity contribution in [1.29, 1.82) is 0 Å². The van der Waals surface area contributed by atoms with Crippen LogP contribution in [-0.4, -0.2) is 35.1 Å². The number of amides is 1. The van der Waals surface area contributed by atoms with Gasteiger partial charge in [0, 0.05) is 11.3 Å². The van der Waals surface area contributed by atoms with E-state index in [0.29, 0.717) is 11.6 Å². The van der Waals surface area contributed by atoms with Crippen molar-refractivity contribution in [3.63, 3.8) is 0 Å². The summed E-state index contributed by atoms with van der Waals surface area (Å²) >= 11 is 1.60. The van der Waals surface area contributed by atoms with Crippen LogP contribution in [0.3, 0.4) is 0 Å². The normalized spacial score (nSPS) is 20.4. The second kappa shape index (κ2) is 7.23. The highest BCUT2D eigenvalue weighted by Gasteiger charge is 2.29. The number of carbonyl (C=O) groups excluding carboxylic acids is 1. The van der Waals surface area contributed by atoms with E-state index in [4.69, 9.17) is 9.47 Å². The van der Waals surface area contributed by atoms with Crippen molar-refractivity contribution in [1.82, 2.24) is 10.2 Å². The summed E-state index contributed by atoms with van der Waals surface area (Å²) in [6.45, 7) is 1.98. The van der Waals surface area contributed by atoms with Gasteiger partial charge in [0.25, 0.3) is 0 Å². The molecule has 0 saturated heterocycles. The molecule has 138 valence electrons. The predicted molar refractivity (Wildman–Crippen MR) is 102 cm³/mol. The van der Waals surface area contributed by atoms with Crippen molar-refractivity contribution in [2.24, 2.45) is 0 Å². The van der Waals surface area contributed by atoms with Gasteiger partial charge in [0.05, 0.1) is 24.2 Å². The van der Waals surface area contributed by atoms with Crippen molar-refractivity contribution in [2.75, 3.05) is 18.2 Å². The van der Waals surface area contributed by atoms with Gasteiger partial charge in [-0.3, -0.25) is 9.89 Å². The highest BCUT2D eigenvalue weighted by molar-refractivity contribution is 8.00. The topological polar surface area (TPSA) is 76.2 Å². The summed E-state index contributed by atoms with van der Waals surface area (Å²) in [5, 5.41) is 10.1. The zero-order valence-electron chi connectivity index (χ0n) is 15.0. The van der Waals surface area contributed by atoms with E-state index < -0.39 is 0 Å². The Labute approximate surface area is 157 Å². The van der Waals surface area contributed by atoms with Crippen LogP contribution in [0.2, 0.25) is 0 Å². The number of thioether (sulfide) groups is 1. The Morgan fingerprint density at radius 1 is 1.23 bits per heavy atom. The summed E-state index contributed by atoms with van der Waals surface area (Å²) in [5.41, 5.74) is 3.06. The lowest BCUT2D eigenvalue weighted by molar-refractivity contribution is -0.113. The molecule has 1 saturated carbocycles. The number of aryl methyl sites for hydroxylation is 1. The molecule has 1 unspecified atom stereocenters. The molecule has 1 amide bonds. The molecule has 7 heteroatoms. The quantitative estimate of drug-likeness (QED) is 0.852. The Hall–Kier alpha value is -2.15. The Bertz CT molecular complexity index is 814. The third-order valence-electron chi connectivity index (χ3n) is 4.98. The van der Waals surface area contributed by atoms with Crippen LogP contribution < -0.4 is 14.8 Å². The van der Waals surface area contributed by atoms with Crippen LogP contribution in [-0.2, 0) is 4.79 Å². The van der Waals surface area contributed by atoms with Gasteiger partial charge in [-0.25, -0.2) is 0 Å². The zero-order chi connectivity index (χ0) is 18.1. The predicted octanol–water partition coefficient (Wildman–Crippen LogP) is 3.82. The minimum Gasteiger partial charge on any atom is -0.493 e. The lowest BCUT2D eigenvalue weighted by Crippen LogP contribution is -2.12. The number of hydrogen-bond donors (Lipinski definition) is 2. The van der Waals surface area contributed by atoms with Crippen LogP contribution in [0, 0.1) is 6.92 Å². The Kier molecular flexibility index (Phi) is 4.80. The van der Waals surface area contributed by atoms with Crippen LogP contribution in [0.1, 0.15) is 47.8 Å². The molecule has 1 atom stereocenters. The van der Waals surface area contributed by atoms with Gasteiger partial charge >= 0.3 is 0 Å². The average Bonchev–Trinajstić information content (AvgIpc) is 3.23. The third-order valence-corrected chi connectivity index (χ3v) is 6.25. The molecule has 4 rings (SSSR count). The van der Waals surface area contributed by atoms with E-state index in [1.165, 1.54) is 12.8 Å². The molecular formula is C19H23N3O3S. The van der Waals surface area contributed by atoms with Gasteiger partial charge in [0.1, 0.15) is 0 Å². The van der Waals surface area contributed by atoms with Gasteiger partial charge in [0.15, 0.2) is 17.3 Å². The van der Waals surface area contributed by atoms with Gasteiger partial charge in [-0.2, -0.15) is 5.10 Å². The van der Waals surface area contributed by atoms with Crippen LogP contribution >= 0.6 is 11.8 Å². The molecule has 2 aliphatic rings. The van der Waals surface area contributed by atoms with Crippen molar-refractivity contribution in [3.8, 4) is 11.5 Å². The molecule has 2 heterocycles. The van der Waals surface area contributed by atoms with Gasteiger partial charge < -0.3 is 14.8 Å². The van der Waals surface area contributed by atoms with Gasteiger partial charge in [-0.1, -0.05) is 6.07 Å². The second-order valence-electron chi connectivity index (χ2n) is 6.78. The summed E-state index contributed by atoms with van der Waals surface area (Å²) in [5.74, 6) is 2.51. The van der Waals surface area contributed by atoms with Crippen LogP contribution in [0.5, 0.6) is 11.5 Å². The number of rotatable bonds is 4. The van der Waals surface area contributed by atoms with Gasteiger partial charge in [-0.05, 0) is 50.3 Å². The van der Waals surface area contributed by atoms with Crippen molar-refractivity contribution < 1.29 is 14.3 Å². The summed E-state index contributed by atoms with van der Waals surface area (Å²) in [7, 11) is 1.67. The fraction of sp³-hybridized carbons (Fsp3) is 0.474. The number of carbonyl (C=O) groups is 1. The zero-order valence-corrected chi connectivity index (χ0v) is 15.8. The van der Waals surface area contributed by atoms with Crippen LogP contribution in [0.4, 0.5) is 5.82 Å². The summed E-state index contributed by atoms with van der Waals surface area (Å²) < 4.78 is 11.7. The minimum atomic E-state index is -0.0293. The summed E-state index contributed by atoms with van der Waals surface area (Å²) in [6.07, 6.45) is 4.95. The molecular weight excluding hydrogens is 350 g/mol. The highest BCUT2D eigenvalue weighted by Crippen LogP contribution is 2.44. The second-order valence-corrected chi connectivity index (χ2v) is 7.88. The molecule has 2 N–H and O–H groups in total. The maximum Gasteiger partial charge on any atom is 0.235 e. The number of fused-ring (bicyclic) bond motifs is 1. The Morgan fingerprint density at radius 2 is 2.04 bits per heavy atom. The van der Waals surface area contributed by atoms with Crippen LogP contribution in [0.15, 0.2) is 18.2 Å². The molecule has 1 fully saturated rings. The van der Waals surface area contributed by atoms with E-state index in [-0.39, 0.29) is 17.3 Å². The SMILES string of the molecule is COc1cc(C2SCC(=O)Nc3n[nH]c(C)c32)ccc1OC1CCCC1. The minimum absolute atomic E-state index is 0.0112. The van der Waals surface area contributed by atoms with Crippen molar-refractivity contribution >= 4 is 23.5 Å². The molecule has 1 aliphatic heterocycles. The van der Waals surface area contributed by atoms with Gasteiger partial charge in [-0.15, -0.1) is 11.8 Å². The molecule has 1 aromatic heterocycles. The molecule has 1 aromatic carbocycles. The molecule has 1 aliphatic carbocycles. The number of methoxy groups -OCH3 is 1. The highest BCUT2D eigenvalue weighted by atomic mass is 32.2. The standard InChI is InChI=1S/C19H23N3O3S/c1-11-17-18(26-10-16(23)20-19(17)22-21-11)12-7-8-14(15(9-12)24-2)25-13-5-3-4-6-13/h7-9,13,18H,3-6,10H2,1-2H3,(H2,20,21,22,23). The molecule has 0 spiro atoms. The number of anilines is 1. The lowest BCUT2D eigenvalue weighted by atomic mass is 10.0. The van der Waals surface area contributed by atoms with E-state index in [1.807, 2.05) is 19.1 Å². The average molecular weight is 373 g/mol. The number of H-pyrrole nitrogens is 1. The van der Waals surface area contributed by atoms with E-state index in [0.717, 1.165) is 41.2 Å². The Morgan fingerprint density at radius 3 is 2.81 bits per heavy atom. The number of hydrogen-bond acceptors (Lipinski definition) is 5. The summed E-state index contributed by atoms with van der Waals surface area (Å²) in [4.78, 5) is 12.0. The van der Waals surface area contributed by atoms with Crippen molar-refractivity contribution in [2.45, 2.75) is 44.0 Å². The molecule has 0 bridgehead atoms. The first kappa shape index (κ1) is 17.3. The van der Waals surface area contributed by atoms with E-state index in [1.54, 1.807) is 18.9 Å². The first-order valence-electron chi connectivity index (χ1n) is 8.96. The monoisotopic (exact) mass is 373 g/mol. The molecule has 2 aromatic rings. The maximum absolute atomic E-state index is 12.0. The number of nitrogens with one attached hydrogen (secondary N) is 2. The van der Waals surface area contributed by atoms with E-state index in [9.17, 15) is 4.79 Å². The summed E-state index contributed by atoms with van der Waals surface area (Å²) in [6, 6.07) is 6.08. The maximum atomic E-state index is 12.0. The number of aromatic amines is 1. The third kappa shape index (κ3) is 3.28. The molecule has 26 heavy (non-hydrogen) atoms. The largest absolute Gasteiger partial charge is 0.493 e. The fourth-order valence-corrected chi connectivity index (χ4v) is 4.84. The number of benzene rings is 1. The lowest BCUT2D eigenvalue weighted by Gasteiger charge is -2.19. The van der Waals surface area contributed by atoms with Crippen molar-refractivity contribution in [3.05, 3.63) is 35.0 Å². The number of aromatic nitrogens is 2. The first-order chi connectivity index (χ1) is 12.7. The molecule has 6 nitrogen and oxygen atoms in total. The number of ether oxygens (including phenoxy) is 2. The van der Waals surface area contributed by atoms with E-state index >= 15 is 0 Å². The van der Waals surface area contributed by atoms with E-state index in [2.05, 4.69) is 21.6 Å². The smallest absolute Gasteiger partial charge is 0.235 e. The van der Waals surface area contributed by atoms with Gasteiger partial charge in [0.2, 0.25) is 5.91 Å². The number of nitrogens with zero attached hydrogens (tertiary/aromatic N) is 1. The Balaban J connectivity index is 1.66. The molecule has 0 radical (unpaired) electrons. The fourth-order valence-electron chi connectivity index (χ4n) is 3.66. The van der Waals surface area contributed by atoms with Crippen LogP contribution in [0.25, 0.3) is 0 Å². The first-order valence-corrected chi connectivity index (χ1v) is 10.0.